The van der Waals surface area contributed by atoms with E-state index >= 15 is 0 Å². The van der Waals surface area contributed by atoms with Crippen molar-refractivity contribution in [2.75, 3.05) is 5.32 Å². The summed E-state index contributed by atoms with van der Waals surface area (Å²) in [5, 5.41) is 8.69. The Morgan fingerprint density at radius 2 is 1.72 bits per heavy atom. The Morgan fingerprint density at radius 3 is 2.38 bits per heavy atom. The zero-order valence-electron chi connectivity index (χ0n) is 17.6. The monoisotopic (exact) mass is 465 g/mol. The van der Waals surface area contributed by atoms with Crippen LogP contribution in [0, 0.1) is 13.8 Å². The van der Waals surface area contributed by atoms with Gasteiger partial charge in [0.2, 0.25) is 0 Å². The van der Waals surface area contributed by atoms with Crippen LogP contribution < -0.4 is 10.1 Å². The number of carbonyl (C=O) groups excluding carboxylic acids is 1. The van der Waals surface area contributed by atoms with Crippen LogP contribution in [0.2, 0.25) is 10.0 Å². The molecule has 4 rings (SSSR count). The molecule has 5 nitrogen and oxygen atoms in total. The third kappa shape index (κ3) is 4.96. The highest BCUT2D eigenvalue weighted by Crippen LogP contribution is 2.23. The third-order valence-corrected chi connectivity index (χ3v) is 5.78. The second-order valence-corrected chi connectivity index (χ2v) is 8.15. The van der Waals surface area contributed by atoms with Crippen LogP contribution in [-0.2, 0) is 6.61 Å². The molecule has 162 valence electrons. The number of aromatic nitrogens is 2. The average molecular weight is 466 g/mol. The van der Waals surface area contributed by atoms with Gasteiger partial charge in [-0.2, -0.15) is 5.10 Å². The number of benzene rings is 3. The maximum absolute atomic E-state index is 12.7. The second-order valence-electron chi connectivity index (χ2n) is 7.34. The van der Waals surface area contributed by atoms with Gasteiger partial charge in [0, 0.05) is 16.3 Å². The molecule has 4 aromatic rings. The Labute approximate surface area is 196 Å². The van der Waals surface area contributed by atoms with Crippen molar-refractivity contribution < 1.29 is 9.53 Å². The van der Waals surface area contributed by atoms with Gasteiger partial charge in [-0.15, -0.1) is 0 Å². The van der Waals surface area contributed by atoms with Crippen LogP contribution in [0.15, 0.2) is 72.8 Å². The minimum absolute atomic E-state index is 0.194. The van der Waals surface area contributed by atoms with Crippen molar-refractivity contribution in [2.24, 2.45) is 0 Å². The number of aryl methyl sites for hydroxylation is 1. The minimum Gasteiger partial charge on any atom is -0.489 e. The molecule has 3 aromatic carbocycles. The number of nitrogens with zero attached hydrogens (tertiary/aromatic N) is 2. The van der Waals surface area contributed by atoms with E-state index in [4.69, 9.17) is 27.9 Å². The topological polar surface area (TPSA) is 56.2 Å². The van der Waals surface area contributed by atoms with E-state index in [0.29, 0.717) is 33.7 Å². The van der Waals surface area contributed by atoms with Crippen molar-refractivity contribution in [3.8, 4) is 11.4 Å². The lowest BCUT2D eigenvalue weighted by atomic mass is 10.1. The number of hydrogen-bond donors (Lipinski definition) is 1. The van der Waals surface area contributed by atoms with Crippen molar-refractivity contribution in [3.63, 3.8) is 0 Å². The molecule has 0 radical (unpaired) electrons. The van der Waals surface area contributed by atoms with Crippen LogP contribution in [0.4, 0.5) is 5.69 Å². The van der Waals surface area contributed by atoms with Crippen molar-refractivity contribution >= 4 is 34.8 Å². The molecule has 1 heterocycles. The molecule has 7 heteroatoms. The van der Waals surface area contributed by atoms with Gasteiger partial charge in [0.05, 0.1) is 22.1 Å². The molecule has 1 N–H and O–H groups in total. The Kier molecular flexibility index (Phi) is 6.49. The van der Waals surface area contributed by atoms with Crippen molar-refractivity contribution in [3.05, 3.63) is 105 Å². The van der Waals surface area contributed by atoms with Crippen molar-refractivity contribution in [1.82, 2.24) is 9.78 Å². The van der Waals surface area contributed by atoms with Crippen LogP contribution in [0.3, 0.4) is 0 Å². The minimum atomic E-state index is -0.194. The normalized spacial score (nSPS) is 10.8. The summed E-state index contributed by atoms with van der Waals surface area (Å²) in [5.74, 6) is 0.522. The summed E-state index contributed by atoms with van der Waals surface area (Å²) in [5.41, 5.74) is 4.66. The molecule has 0 saturated heterocycles. The molecule has 0 unspecified atom stereocenters. The van der Waals surface area contributed by atoms with Crippen LogP contribution in [0.1, 0.15) is 27.3 Å². The molecule has 1 aromatic heterocycles. The largest absolute Gasteiger partial charge is 0.489 e. The lowest BCUT2D eigenvalue weighted by Gasteiger charge is -2.10. The quantitative estimate of drug-likeness (QED) is 0.347. The van der Waals surface area contributed by atoms with Crippen molar-refractivity contribution in [2.45, 2.75) is 20.5 Å². The Morgan fingerprint density at radius 1 is 1.00 bits per heavy atom. The fourth-order valence-electron chi connectivity index (χ4n) is 3.26. The first-order chi connectivity index (χ1) is 15.4. The molecule has 0 bridgehead atoms. The number of amides is 1. The zero-order valence-corrected chi connectivity index (χ0v) is 19.1. The third-order valence-electron chi connectivity index (χ3n) is 4.98. The molecule has 0 atom stereocenters. The highest BCUT2D eigenvalue weighted by Gasteiger charge is 2.11. The maximum atomic E-state index is 12.7. The number of rotatable bonds is 6. The van der Waals surface area contributed by atoms with Gasteiger partial charge in [-0.25, -0.2) is 4.68 Å². The molecule has 0 aliphatic carbocycles. The summed E-state index contributed by atoms with van der Waals surface area (Å²) in [6, 6.07) is 22.0. The predicted molar refractivity (Wildman–Crippen MR) is 128 cm³/mol. The molecule has 1 amide bonds. The summed E-state index contributed by atoms with van der Waals surface area (Å²) in [4.78, 5) is 12.7. The van der Waals surface area contributed by atoms with Gasteiger partial charge in [-0.1, -0.05) is 35.3 Å². The van der Waals surface area contributed by atoms with Gasteiger partial charge in [-0.3, -0.25) is 4.79 Å². The first-order valence-electron chi connectivity index (χ1n) is 10.0. The van der Waals surface area contributed by atoms with Gasteiger partial charge < -0.3 is 10.1 Å². The summed E-state index contributed by atoms with van der Waals surface area (Å²) < 4.78 is 7.55. The number of hydrogen-bond acceptors (Lipinski definition) is 3. The van der Waals surface area contributed by atoms with E-state index in [2.05, 4.69) is 10.4 Å². The number of halogens is 2. The zero-order chi connectivity index (χ0) is 22.7. The summed E-state index contributed by atoms with van der Waals surface area (Å²) in [6.07, 6.45) is 0. The second kappa shape index (κ2) is 9.47. The average Bonchev–Trinajstić information content (AvgIpc) is 3.06. The van der Waals surface area contributed by atoms with E-state index in [1.165, 1.54) is 0 Å². The summed E-state index contributed by atoms with van der Waals surface area (Å²) in [6.45, 7) is 4.14. The van der Waals surface area contributed by atoms with Gasteiger partial charge >= 0.3 is 0 Å². The molecule has 32 heavy (non-hydrogen) atoms. The maximum Gasteiger partial charge on any atom is 0.255 e. The number of ether oxygens (including phenoxy) is 1. The predicted octanol–water partition coefficient (Wildman–Crippen LogP) is 6.63. The first kappa shape index (κ1) is 21.9. The molecule has 0 spiro atoms. The Bertz CT molecular complexity index is 1250. The van der Waals surface area contributed by atoms with Gasteiger partial charge in [0.15, 0.2) is 0 Å². The van der Waals surface area contributed by atoms with Crippen LogP contribution in [-0.4, -0.2) is 15.7 Å². The van der Waals surface area contributed by atoms with E-state index in [9.17, 15) is 4.79 Å². The van der Waals surface area contributed by atoms with Gasteiger partial charge in [0.25, 0.3) is 5.91 Å². The lowest BCUT2D eigenvalue weighted by molar-refractivity contribution is 0.102. The number of carbonyl (C=O) groups is 1. The van der Waals surface area contributed by atoms with E-state index < -0.39 is 0 Å². The van der Waals surface area contributed by atoms with E-state index in [1.54, 1.807) is 22.9 Å². The Balaban J connectivity index is 1.41. The van der Waals surface area contributed by atoms with E-state index in [0.717, 1.165) is 22.6 Å². The molecule has 0 saturated carbocycles. The highest BCUT2D eigenvalue weighted by atomic mass is 35.5. The molecular formula is C25H21Cl2N3O2. The molecular weight excluding hydrogens is 445 g/mol. The highest BCUT2D eigenvalue weighted by molar-refractivity contribution is 6.31. The fraction of sp³-hybridized carbons (Fsp3) is 0.120. The molecule has 0 aliphatic heterocycles. The van der Waals surface area contributed by atoms with Gasteiger partial charge in [0.1, 0.15) is 12.4 Å². The smallest absolute Gasteiger partial charge is 0.255 e. The van der Waals surface area contributed by atoms with E-state index in [1.807, 2.05) is 68.4 Å². The first-order valence-corrected chi connectivity index (χ1v) is 10.8. The molecule has 0 aliphatic rings. The van der Waals surface area contributed by atoms with Crippen molar-refractivity contribution in [1.29, 1.82) is 0 Å². The standard InChI is InChI=1S/C25H21Cl2N3O2/c1-16-24(27)17(2)30(29-16)22-10-8-21(9-11-22)28-25(31)19-5-3-4-18(14-19)15-32-23-12-6-20(26)7-13-23/h3-14H,15H2,1-2H3,(H,28,31). The fourth-order valence-corrected chi connectivity index (χ4v) is 3.51. The molecule has 0 fully saturated rings. The summed E-state index contributed by atoms with van der Waals surface area (Å²) in [7, 11) is 0. The number of nitrogens with one attached hydrogen (secondary N) is 1. The Hall–Kier alpha value is -3.28. The van der Waals surface area contributed by atoms with Crippen LogP contribution in [0.5, 0.6) is 5.75 Å². The number of anilines is 1. The summed E-state index contributed by atoms with van der Waals surface area (Å²) >= 11 is 12.1. The SMILES string of the molecule is Cc1nn(-c2ccc(NC(=O)c3cccc(COc4ccc(Cl)cc4)c3)cc2)c(C)c1Cl. The van der Waals surface area contributed by atoms with Crippen LogP contribution in [0.25, 0.3) is 5.69 Å². The van der Waals surface area contributed by atoms with Gasteiger partial charge in [-0.05, 0) is 80.1 Å². The lowest BCUT2D eigenvalue weighted by Crippen LogP contribution is -2.12. The van der Waals surface area contributed by atoms with Crippen LogP contribution >= 0.6 is 23.2 Å². The van der Waals surface area contributed by atoms with E-state index in [-0.39, 0.29) is 5.91 Å².